The summed E-state index contributed by atoms with van der Waals surface area (Å²) in [6.45, 7) is 5.67. The van der Waals surface area contributed by atoms with Gasteiger partial charge >= 0.3 is 0 Å². The molecule has 0 bridgehead atoms. The van der Waals surface area contributed by atoms with Crippen molar-refractivity contribution in [3.8, 4) is 0 Å². The summed E-state index contributed by atoms with van der Waals surface area (Å²) in [7, 11) is -3.72. The number of allylic oxidation sites excluding steroid dienone is 2. The van der Waals surface area contributed by atoms with Gasteiger partial charge in [-0.1, -0.05) is 61.9 Å². The maximum Gasteiger partial charge on any atom is 0.238 e. The third-order valence-corrected chi connectivity index (χ3v) is 7.52. The van der Waals surface area contributed by atoms with Crippen molar-refractivity contribution in [1.82, 2.24) is 10.0 Å². The van der Waals surface area contributed by atoms with E-state index in [1.165, 1.54) is 5.56 Å². The monoisotopic (exact) mass is 436 g/mol. The van der Waals surface area contributed by atoms with E-state index in [0.717, 1.165) is 23.3 Å². The minimum Gasteiger partial charge on any atom is -0.382 e. The zero-order chi connectivity index (χ0) is 20.9. The van der Waals surface area contributed by atoms with Gasteiger partial charge in [0.05, 0.1) is 0 Å². The first kappa shape index (κ1) is 22.1. The summed E-state index contributed by atoms with van der Waals surface area (Å²) < 4.78 is 32.5. The molecule has 1 aromatic carbocycles. The summed E-state index contributed by atoms with van der Waals surface area (Å²) in [4.78, 5) is 0. The molecule has 0 amide bonds. The normalized spacial score (nSPS) is 23.8. The van der Waals surface area contributed by atoms with Crippen LogP contribution in [0.15, 0.2) is 65.4 Å². The molecule has 3 rings (SSSR count). The van der Waals surface area contributed by atoms with Crippen LogP contribution >= 0.6 is 11.6 Å². The smallest absolute Gasteiger partial charge is 0.238 e. The molecule has 0 heterocycles. The van der Waals surface area contributed by atoms with Crippen molar-refractivity contribution in [2.24, 2.45) is 0 Å². The van der Waals surface area contributed by atoms with Gasteiger partial charge in [-0.15, -0.1) is 0 Å². The number of benzene rings is 1. The van der Waals surface area contributed by atoms with Crippen molar-refractivity contribution in [2.75, 3.05) is 13.2 Å². The molecular formula is C22H29ClN2O3S. The Morgan fingerprint density at radius 3 is 2.66 bits per heavy atom. The van der Waals surface area contributed by atoms with Crippen LogP contribution in [-0.4, -0.2) is 31.9 Å². The highest BCUT2D eigenvalue weighted by molar-refractivity contribution is 7.92. The van der Waals surface area contributed by atoms with Crippen LogP contribution in [0.3, 0.4) is 0 Å². The van der Waals surface area contributed by atoms with E-state index in [1.807, 2.05) is 31.2 Å². The topological polar surface area (TPSA) is 67.4 Å². The van der Waals surface area contributed by atoms with Gasteiger partial charge < -0.3 is 10.1 Å². The van der Waals surface area contributed by atoms with E-state index in [0.29, 0.717) is 32.5 Å². The van der Waals surface area contributed by atoms with Crippen LogP contribution in [0.4, 0.5) is 0 Å². The average Bonchev–Trinajstić information content (AvgIpc) is 3.06. The molecule has 2 aliphatic carbocycles. The van der Waals surface area contributed by atoms with Crippen LogP contribution in [0.2, 0.25) is 0 Å². The summed E-state index contributed by atoms with van der Waals surface area (Å²) in [6, 6.07) is 10.1. The number of hydrogen-bond acceptors (Lipinski definition) is 4. The quantitative estimate of drug-likeness (QED) is 0.544. The fraction of sp³-hybridized carbons (Fsp3) is 0.455. The Morgan fingerprint density at radius 2 is 1.97 bits per heavy atom. The van der Waals surface area contributed by atoms with Gasteiger partial charge in [0, 0.05) is 31.8 Å². The molecule has 0 aromatic heterocycles. The minimum atomic E-state index is -3.72. The van der Waals surface area contributed by atoms with Gasteiger partial charge in [0.15, 0.2) is 4.21 Å². The van der Waals surface area contributed by atoms with Crippen LogP contribution in [0.25, 0.3) is 0 Å². The van der Waals surface area contributed by atoms with Gasteiger partial charge in [-0.3, -0.25) is 0 Å². The Balaban J connectivity index is 1.87. The van der Waals surface area contributed by atoms with E-state index in [4.69, 9.17) is 16.3 Å². The van der Waals surface area contributed by atoms with Crippen LogP contribution in [0, 0.1) is 0 Å². The third kappa shape index (κ3) is 4.94. The lowest BCUT2D eigenvalue weighted by Crippen LogP contribution is -2.40. The van der Waals surface area contributed by atoms with E-state index in [1.54, 1.807) is 12.2 Å². The van der Waals surface area contributed by atoms with Gasteiger partial charge in [0.2, 0.25) is 10.0 Å². The number of sulfonamides is 1. The Labute approximate surface area is 178 Å². The molecule has 0 fully saturated rings. The van der Waals surface area contributed by atoms with E-state index < -0.39 is 14.2 Å². The van der Waals surface area contributed by atoms with E-state index in [-0.39, 0.29) is 6.10 Å². The second kappa shape index (κ2) is 9.47. The third-order valence-electron chi connectivity index (χ3n) is 5.01. The number of nitrogens with one attached hydrogen (secondary N) is 2. The molecule has 1 aromatic rings. The molecule has 2 atom stereocenters. The summed E-state index contributed by atoms with van der Waals surface area (Å²) in [5.41, 5.74) is 4.04. The Morgan fingerprint density at radius 1 is 1.21 bits per heavy atom. The number of hydrogen-bond donors (Lipinski definition) is 2. The predicted octanol–water partition coefficient (Wildman–Crippen LogP) is 3.99. The summed E-state index contributed by atoms with van der Waals surface area (Å²) in [6.07, 6.45) is 7.12. The number of rotatable bonds is 10. The zero-order valence-corrected chi connectivity index (χ0v) is 18.5. The maximum atomic E-state index is 12.7. The Hall–Kier alpha value is -1.60. The van der Waals surface area contributed by atoms with E-state index in [9.17, 15) is 8.42 Å². The van der Waals surface area contributed by atoms with Gasteiger partial charge in [0.25, 0.3) is 0 Å². The molecule has 2 unspecified atom stereocenters. The van der Waals surface area contributed by atoms with E-state index in [2.05, 4.69) is 29.1 Å². The maximum absolute atomic E-state index is 12.7. The van der Waals surface area contributed by atoms with Crippen molar-refractivity contribution in [2.45, 2.75) is 50.0 Å². The van der Waals surface area contributed by atoms with E-state index >= 15 is 0 Å². The largest absolute Gasteiger partial charge is 0.382 e. The van der Waals surface area contributed by atoms with Gasteiger partial charge in [-0.05, 0) is 41.7 Å². The minimum absolute atomic E-state index is 0.130. The highest BCUT2D eigenvalue weighted by Gasteiger charge is 2.42. The number of halogens is 1. The standard InChI is InChI=1S/C22H29ClN2O3S/c1-3-12-25-29(26,27)22(23)11-10-19-18(15-22)14-20(28-13-4-2)21(19)24-16-17-8-6-5-7-9-17/h5-11,15,20,24-25H,3-4,12-14,16H2,1-2H3. The molecule has 2 aliphatic rings. The lowest BCUT2D eigenvalue weighted by Gasteiger charge is -2.25. The number of alkyl halides is 1. The van der Waals surface area contributed by atoms with Crippen molar-refractivity contribution < 1.29 is 13.2 Å². The first-order valence-electron chi connectivity index (χ1n) is 10.1. The molecule has 0 saturated carbocycles. The van der Waals surface area contributed by atoms with Crippen molar-refractivity contribution in [1.29, 1.82) is 0 Å². The molecular weight excluding hydrogens is 408 g/mol. The molecule has 158 valence electrons. The van der Waals surface area contributed by atoms with Gasteiger partial charge in [-0.2, -0.15) is 0 Å². The Bertz CT molecular complexity index is 909. The first-order chi connectivity index (χ1) is 13.9. The van der Waals surface area contributed by atoms with Crippen LogP contribution in [0.1, 0.15) is 38.7 Å². The predicted molar refractivity (Wildman–Crippen MR) is 118 cm³/mol. The SMILES string of the molecule is CCCNS(=O)(=O)C1(Cl)C=CC2=C(NCc3ccccc3)C(OCCC)CC2=C1. The van der Waals surface area contributed by atoms with Crippen molar-refractivity contribution >= 4 is 21.6 Å². The number of ether oxygens (including phenoxy) is 1. The summed E-state index contributed by atoms with van der Waals surface area (Å²) in [5, 5.41) is 3.51. The molecule has 29 heavy (non-hydrogen) atoms. The van der Waals surface area contributed by atoms with Crippen LogP contribution in [0.5, 0.6) is 0 Å². The lowest BCUT2D eigenvalue weighted by molar-refractivity contribution is 0.0781. The van der Waals surface area contributed by atoms with Gasteiger partial charge in [0.1, 0.15) is 6.10 Å². The number of fused-ring (bicyclic) bond motifs is 1. The fourth-order valence-electron chi connectivity index (χ4n) is 3.49. The molecule has 0 spiro atoms. The van der Waals surface area contributed by atoms with Gasteiger partial charge in [-0.25, -0.2) is 13.1 Å². The zero-order valence-electron chi connectivity index (χ0n) is 16.9. The second-order valence-corrected chi connectivity index (χ2v) is 10.1. The average molecular weight is 437 g/mol. The molecule has 0 radical (unpaired) electrons. The molecule has 0 aliphatic heterocycles. The lowest BCUT2D eigenvalue weighted by atomic mass is 10.0. The molecule has 5 nitrogen and oxygen atoms in total. The van der Waals surface area contributed by atoms with Crippen molar-refractivity contribution in [3.05, 3.63) is 71.0 Å². The summed E-state index contributed by atoms with van der Waals surface area (Å²) in [5.74, 6) is 0. The summed E-state index contributed by atoms with van der Waals surface area (Å²) >= 11 is 6.54. The molecule has 2 N–H and O–H groups in total. The second-order valence-electron chi connectivity index (χ2n) is 7.33. The highest BCUT2D eigenvalue weighted by atomic mass is 35.5. The highest BCUT2D eigenvalue weighted by Crippen LogP contribution is 2.41. The first-order valence-corrected chi connectivity index (χ1v) is 12.0. The molecule has 7 heteroatoms. The Kier molecular flexibility index (Phi) is 7.22. The van der Waals surface area contributed by atoms with Crippen LogP contribution in [-0.2, 0) is 21.3 Å². The fourth-order valence-corrected chi connectivity index (χ4v) is 5.09. The van der Waals surface area contributed by atoms with Crippen molar-refractivity contribution in [3.63, 3.8) is 0 Å². The van der Waals surface area contributed by atoms with Crippen LogP contribution < -0.4 is 10.0 Å². The molecule has 0 saturated heterocycles.